The molecule has 0 aliphatic rings. The summed E-state index contributed by atoms with van der Waals surface area (Å²) >= 11 is 5.50. The lowest BCUT2D eigenvalue weighted by atomic mass is 10.2. The molecule has 0 spiro atoms. The Labute approximate surface area is 107 Å². The van der Waals surface area contributed by atoms with Crippen molar-refractivity contribution in [2.45, 2.75) is 26.5 Å². The lowest BCUT2D eigenvalue weighted by Gasteiger charge is -2.17. The molecule has 0 bridgehead atoms. The first-order valence-corrected chi connectivity index (χ1v) is 6.12. The summed E-state index contributed by atoms with van der Waals surface area (Å²) in [5.74, 6) is 0.754. The highest BCUT2D eigenvalue weighted by Gasteiger charge is 2.08. The maximum Gasteiger partial charge on any atom is 0.237 e. The molecule has 1 rings (SSSR count). The molecule has 0 saturated heterocycles. The fourth-order valence-corrected chi connectivity index (χ4v) is 1.66. The molecule has 4 heteroatoms. The number of halogens is 1. The third-order valence-electron chi connectivity index (χ3n) is 2.23. The van der Waals surface area contributed by atoms with Crippen molar-refractivity contribution in [2.75, 3.05) is 12.9 Å². The van der Waals surface area contributed by atoms with Gasteiger partial charge >= 0.3 is 0 Å². The second kappa shape index (κ2) is 6.50. The minimum Gasteiger partial charge on any atom is -0.491 e. The first-order chi connectivity index (χ1) is 8.02. The zero-order valence-electron chi connectivity index (χ0n) is 10.4. The van der Waals surface area contributed by atoms with Crippen LogP contribution in [0.1, 0.15) is 19.4 Å². The zero-order valence-corrected chi connectivity index (χ0v) is 11.2. The molecule has 17 heavy (non-hydrogen) atoms. The summed E-state index contributed by atoms with van der Waals surface area (Å²) in [6.45, 7) is 4.51. The van der Waals surface area contributed by atoms with E-state index < -0.39 is 0 Å². The second-order valence-electron chi connectivity index (χ2n) is 4.20. The fourth-order valence-electron chi connectivity index (χ4n) is 1.45. The van der Waals surface area contributed by atoms with Gasteiger partial charge in [0.2, 0.25) is 5.91 Å². The molecular formula is C13H18ClNO2. The minimum atomic E-state index is -0.0816. The van der Waals surface area contributed by atoms with Gasteiger partial charge in [0, 0.05) is 13.6 Å². The van der Waals surface area contributed by atoms with Gasteiger partial charge in [-0.3, -0.25) is 4.79 Å². The highest BCUT2D eigenvalue weighted by molar-refractivity contribution is 6.27. The largest absolute Gasteiger partial charge is 0.491 e. The molecule has 1 aromatic rings. The molecule has 0 unspecified atom stereocenters. The van der Waals surface area contributed by atoms with Gasteiger partial charge in [-0.15, -0.1) is 11.6 Å². The number of carbonyl (C=O) groups is 1. The lowest BCUT2D eigenvalue weighted by Crippen LogP contribution is -2.27. The fraction of sp³-hybridized carbons (Fsp3) is 0.462. The Hall–Kier alpha value is -1.22. The molecule has 1 amide bonds. The van der Waals surface area contributed by atoms with Gasteiger partial charge in [-0.1, -0.05) is 12.1 Å². The van der Waals surface area contributed by atoms with E-state index in [4.69, 9.17) is 16.3 Å². The molecule has 94 valence electrons. The van der Waals surface area contributed by atoms with Gasteiger partial charge in [0.15, 0.2) is 0 Å². The topological polar surface area (TPSA) is 29.5 Å². The Kier molecular flexibility index (Phi) is 5.29. The van der Waals surface area contributed by atoms with Gasteiger partial charge in [0.05, 0.1) is 6.10 Å². The predicted molar refractivity (Wildman–Crippen MR) is 69.4 cm³/mol. The van der Waals surface area contributed by atoms with Crippen LogP contribution in [0.4, 0.5) is 0 Å². The molecule has 0 radical (unpaired) electrons. The highest BCUT2D eigenvalue weighted by Crippen LogP contribution is 2.16. The number of hydrogen-bond acceptors (Lipinski definition) is 2. The van der Waals surface area contributed by atoms with E-state index in [0.29, 0.717) is 6.54 Å². The number of nitrogens with zero attached hydrogens (tertiary/aromatic N) is 1. The summed E-state index contributed by atoms with van der Waals surface area (Å²) < 4.78 is 5.59. The number of benzene rings is 1. The molecule has 0 atom stereocenters. The number of rotatable bonds is 5. The van der Waals surface area contributed by atoms with Gasteiger partial charge in [-0.2, -0.15) is 0 Å². The molecule has 3 nitrogen and oxygen atoms in total. The van der Waals surface area contributed by atoms with E-state index in [1.165, 1.54) is 0 Å². The van der Waals surface area contributed by atoms with Gasteiger partial charge in [0.1, 0.15) is 11.6 Å². The van der Waals surface area contributed by atoms with E-state index in [9.17, 15) is 4.79 Å². The van der Waals surface area contributed by atoms with Crippen molar-refractivity contribution < 1.29 is 9.53 Å². The number of alkyl halides is 1. The van der Waals surface area contributed by atoms with Gasteiger partial charge in [-0.05, 0) is 31.5 Å². The van der Waals surface area contributed by atoms with Crippen molar-refractivity contribution in [1.29, 1.82) is 0 Å². The van der Waals surface area contributed by atoms with Crippen LogP contribution in [0.5, 0.6) is 5.75 Å². The van der Waals surface area contributed by atoms with Gasteiger partial charge in [-0.25, -0.2) is 0 Å². The van der Waals surface area contributed by atoms with Crippen molar-refractivity contribution >= 4 is 17.5 Å². The lowest BCUT2D eigenvalue weighted by molar-refractivity contribution is -0.127. The summed E-state index contributed by atoms with van der Waals surface area (Å²) in [6.07, 6.45) is 0.146. The highest BCUT2D eigenvalue weighted by atomic mass is 35.5. The Morgan fingerprint density at radius 3 is 2.76 bits per heavy atom. The third kappa shape index (κ3) is 4.65. The SMILES string of the molecule is CC(C)Oc1cccc(CN(C)C(=O)CCl)c1. The molecular weight excluding hydrogens is 238 g/mol. The smallest absolute Gasteiger partial charge is 0.237 e. The first-order valence-electron chi connectivity index (χ1n) is 5.58. The standard InChI is InChI=1S/C13H18ClNO2/c1-10(2)17-12-6-4-5-11(7-12)9-15(3)13(16)8-14/h4-7,10H,8-9H2,1-3H3. The Bertz CT molecular complexity index is 379. The zero-order chi connectivity index (χ0) is 12.8. The van der Waals surface area contributed by atoms with Crippen LogP contribution in [-0.4, -0.2) is 29.8 Å². The van der Waals surface area contributed by atoms with Crippen LogP contribution in [0.25, 0.3) is 0 Å². The van der Waals surface area contributed by atoms with Crippen molar-refractivity contribution in [3.8, 4) is 5.75 Å². The van der Waals surface area contributed by atoms with Crippen LogP contribution >= 0.6 is 11.6 Å². The second-order valence-corrected chi connectivity index (χ2v) is 4.46. The molecule has 0 aromatic heterocycles. The molecule has 0 saturated carbocycles. The molecule has 0 aliphatic carbocycles. The Balaban J connectivity index is 2.68. The third-order valence-corrected chi connectivity index (χ3v) is 2.46. The van der Waals surface area contributed by atoms with Crippen molar-refractivity contribution in [3.05, 3.63) is 29.8 Å². The number of hydrogen-bond donors (Lipinski definition) is 0. The first kappa shape index (κ1) is 13.8. The quantitative estimate of drug-likeness (QED) is 0.757. The number of ether oxygens (including phenoxy) is 1. The van der Waals surface area contributed by atoms with Crippen molar-refractivity contribution in [1.82, 2.24) is 4.90 Å². The van der Waals surface area contributed by atoms with E-state index in [1.807, 2.05) is 38.1 Å². The summed E-state index contributed by atoms with van der Waals surface area (Å²) in [6, 6.07) is 7.74. The van der Waals surface area contributed by atoms with E-state index >= 15 is 0 Å². The molecule has 0 aliphatic heterocycles. The predicted octanol–water partition coefficient (Wildman–Crippen LogP) is 2.67. The molecule has 0 N–H and O–H groups in total. The van der Waals surface area contributed by atoms with Crippen LogP contribution in [0.3, 0.4) is 0 Å². The number of amides is 1. The normalized spacial score (nSPS) is 10.4. The van der Waals surface area contributed by atoms with Crippen LogP contribution < -0.4 is 4.74 Å². The molecule has 0 fully saturated rings. The summed E-state index contributed by atoms with van der Waals surface area (Å²) in [5.41, 5.74) is 1.03. The van der Waals surface area contributed by atoms with Gasteiger partial charge < -0.3 is 9.64 Å². The van der Waals surface area contributed by atoms with Crippen LogP contribution in [0.2, 0.25) is 0 Å². The maximum absolute atomic E-state index is 11.3. The van der Waals surface area contributed by atoms with Crippen molar-refractivity contribution in [3.63, 3.8) is 0 Å². The van der Waals surface area contributed by atoms with Gasteiger partial charge in [0.25, 0.3) is 0 Å². The molecule has 1 aromatic carbocycles. The van der Waals surface area contributed by atoms with E-state index in [-0.39, 0.29) is 17.9 Å². The number of carbonyl (C=O) groups excluding carboxylic acids is 1. The minimum absolute atomic E-state index is 0.0126. The summed E-state index contributed by atoms with van der Waals surface area (Å²) in [7, 11) is 1.74. The van der Waals surface area contributed by atoms with Crippen LogP contribution in [-0.2, 0) is 11.3 Å². The van der Waals surface area contributed by atoms with Crippen LogP contribution in [0.15, 0.2) is 24.3 Å². The maximum atomic E-state index is 11.3. The monoisotopic (exact) mass is 255 g/mol. The van der Waals surface area contributed by atoms with Crippen molar-refractivity contribution in [2.24, 2.45) is 0 Å². The Morgan fingerprint density at radius 1 is 1.47 bits per heavy atom. The van der Waals surface area contributed by atoms with Crippen LogP contribution in [0, 0.1) is 0 Å². The van der Waals surface area contributed by atoms with E-state index in [1.54, 1.807) is 11.9 Å². The average Bonchev–Trinajstić information content (AvgIpc) is 2.27. The Morgan fingerprint density at radius 2 is 2.18 bits per heavy atom. The molecule has 0 heterocycles. The van der Waals surface area contributed by atoms with E-state index in [2.05, 4.69) is 0 Å². The summed E-state index contributed by atoms with van der Waals surface area (Å²) in [4.78, 5) is 12.9. The van der Waals surface area contributed by atoms with E-state index in [0.717, 1.165) is 11.3 Å². The average molecular weight is 256 g/mol. The summed E-state index contributed by atoms with van der Waals surface area (Å²) in [5, 5.41) is 0.